The van der Waals surface area contributed by atoms with E-state index in [4.69, 9.17) is 0 Å². The molecule has 122 valence electrons. The first-order chi connectivity index (χ1) is 11.1. The summed E-state index contributed by atoms with van der Waals surface area (Å²) in [5.41, 5.74) is 2.25. The van der Waals surface area contributed by atoms with E-state index in [0.29, 0.717) is 6.54 Å². The Hall–Kier alpha value is -1.72. The molecule has 2 heterocycles. The highest BCUT2D eigenvalue weighted by molar-refractivity contribution is 7.09. The van der Waals surface area contributed by atoms with Crippen molar-refractivity contribution in [2.24, 2.45) is 0 Å². The molecule has 1 saturated heterocycles. The second kappa shape index (κ2) is 7.23. The summed E-state index contributed by atoms with van der Waals surface area (Å²) in [6, 6.07) is 10.4. The molecule has 2 aromatic rings. The van der Waals surface area contributed by atoms with E-state index >= 15 is 0 Å². The molecule has 0 N–H and O–H groups in total. The zero-order valence-electron chi connectivity index (χ0n) is 13.7. The van der Waals surface area contributed by atoms with Crippen LogP contribution in [-0.4, -0.2) is 40.3 Å². The number of rotatable bonds is 5. The Balaban J connectivity index is 1.63. The van der Waals surface area contributed by atoms with Crippen molar-refractivity contribution in [1.29, 1.82) is 0 Å². The summed E-state index contributed by atoms with van der Waals surface area (Å²) in [6.07, 6.45) is 2.04. The van der Waals surface area contributed by atoms with Crippen molar-refractivity contribution in [3.63, 3.8) is 0 Å². The van der Waals surface area contributed by atoms with Crippen molar-refractivity contribution in [2.45, 2.75) is 38.9 Å². The lowest BCUT2D eigenvalue weighted by Gasteiger charge is -2.27. The predicted molar refractivity (Wildman–Crippen MR) is 93.2 cm³/mol. The Morgan fingerprint density at radius 1 is 1.39 bits per heavy atom. The van der Waals surface area contributed by atoms with Crippen molar-refractivity contribution in [3.8, 4) is 0 Å². The van der Waals surface area contributed by atoms with Crippen molar-refractivity contribution >= 4 is 17.2 Å². The van der Waals surface area contributed by atoms with Gasteiger partial charge in [0, 0.05) is 19.0 Å². The minimum atomic E-state index is -0.0000567. The minimum absolute atomic E-state index is 0.0000567. The molecular formula is C18H23N3OS. The van der Waals surface area contributed by atoms with Gasteiger partial charge in [0.1, 0.15) is 0 Å². The van der Waals surface area contributed by atoms with E-state index in [0.717, 1.165) is 36.6 Å². The molecule has 1 aromatic heterocycles. The van der Waals surface area contributed by atoms with E-state index in [2.05, 4.69) is 34.1 Å². The number of aromatic nitrogens is 1. The third kappa shape index (κ3) is 3.98. The van der Waals surface area contributed by atoms with Crippen LogP contribution < -0.4 is 0 Å². The van der Waals surface area contributed by atoms with E-state index in [1.165, 1.54) is 5.56 Å². The van der Waals surface area contributed by atoms with Gasteiger partial charge in [-0.1, -0.05) is 30.3 Å². The lowest BCUT2D eigenvalue weighted by molar-refractivity contribution is -0.135. The maximum atomic E-state index is 12.8. The molecule has 4 nitrogen and oxygen atoms in total. The van der Waals surface area contributed by atoms with Crippen LogP contribution in [0.2, 0.25) is 0 Å². The second-order valence-corrected chi connectivity index (χ2v) is 7.23. The minimum Gasteiger partial charge on any atom is -0.338 e. The first-order valence-electron chi connectivity index (χ1n) is 8.07. The fourth-order valence-electron chi connectivity index (χ4n) is 3.17. The zero-order chi connectivity index (χ0) is 16.2. The van der Waals surface area contributed by atoms with E-state index < -0.39 is 0 Å². The van der Waals surface area contributed by atoms with Crippen LogP contribution in [0.3, 0.4) is 0 Å². The predicted octanol–water partition coefficient (Wildman–Crippen LogP) is 3.07. The number of likely N-dealkylation sites (N-methyl/N-ethyl adjacent to an activating group) is 1. The summed E-state index contributed by atoms with van der Waals surface area (Å²) < 4.78 is 0. The quantitative estimate of drug-likeness (QED) is 0.846. The summed E-state index contributed by atoms with van der Waals surface area (Å²) >= 11 is 1.63. The van der Waals surface area contributed by atoms with Gasteiger partial charge in [-0.15, -0.1) is 11.3 Å². The lowest BCUT2D eigenvalue weighted by Crippen LogP contribution is -2.43. The number of likely N-dealkylation sites (tertiary alicyclic amines) is 1. The van der Waals surface area contributed by atoms with Gasteiger partial charge in [-0.25, -0.2) is 4.98 Å². The van der Waals surface area contributed by atoms with Gasteiger partial charge >= 0.3 is 0 Å². The number of amides is 1. The zero-order valence-corrected chi connectivity index (χ0v) is 14.6. The fourth-order valence-corrected chi connectivity index (χ4v) is 3.77. The van der Waals surface area contributed by atoms with Crippen LogP contribution in [0.1, 0.15) is 29.1 Å². The summed E-state index contributed by atoms with van der Waals surface area (Å²) in [4.78, 5) is 21.4. The molecule has 1 fully saturated rings. The second-order valence-electron chi connectivity index (χ2n) is 6.17. The van der Waals surface area contributed by atoms with Crippen LogP contribution in [0.5, 0.6) is 0 Å². The standard InChI is InChI=1S/C18H23N3OS/c1-14-19-16(13-23-14)12-20(2)18(22)17-9-6-10-21(17)11-15-7-4-3-5-8-15/h3-5,7-8,13,17H,6,9-12H2,1-2H3. The molecule has 0 aliphatic carbocycles. The lowest BCUT2D eigenvalue weighted by atomic mass is 10.1. The number of nitrogens with zero attached hydrogens (tertiary/aromatic N) is 3. The summed E-state index contributed by atoms with van der Waals surface area (Å²) in [7, 11) is 1.88. The third-order valence-corrected chi connectivity index (χ3v) is 5.14. The normalized spacial score (nSPS) is 18.3. The molecule has 1 amide bonds. The van der Waals surface area contributed by atoms with Gasteiger partial charge in [0.2, 0.25) is 5.91 Å². The van der Waals surface area contributed by atoms with Crippen LogP contribution >= 0.6 is 11.3 Å². The SMILES string of the molecule is Cc1nc(CN(C)C(=O)C2CCCN2Cc2ccccc2)cs1. The molecule has 3 rings (SSSR count). The van der Waals surface area contributed by atoms with Crippen LogP contribution in [0, 0.1) is 6.92 Å². The van der Waals surface area contributed by atoms with Crippen molar-refractivity contribution in [1.82, 2.24) is 14.8 Å². The van der Waals surface area contributed by atoms with Crippen LogP contribution in [0.15, 0.2) is 35.7 Å². The highest BCUT2D eigenvalue weighted by Crippen LogP contribution is 2.22. The van der Waals surface area contributed by atoms with Crippen molar-refractivity contribution in [2.75, 3.05) is 13.6 Å². The molecule has 23 heavy (non-hydrogen) atoms. The maximum Gasteiger partial charge on any atom is 0.240 e. The first kappa shape index (κ1) is 16.1. The number of carbonyl (C=O) groups is 1. The Kier molecular flexibility index (Phi) is 5.08. The largest absolute Gasteiger partial charge is 0.338 e. The van der Waals surface area contributed by atoms with Gasteiger partial charge in [-0.3, -0.25) is 9.69 Å². The Morgan fingerprint density at radius 2 is 2.17 bits per heavy atom. The topological polar surface area (TPSA) is 36.4 Å². The smallest absolute Gasteiger partial charge is 0.240 e. The summed E-state index contributed by atoms with van der Waals surface area (Å²) in [5.74, 6) is 0.212. The van der Waals surface area contributed by atoms with Crippen LogP contribution in [0.4, 0.5) is 0 Å². The molecule has 1 aliphatic heterocycles. The first-order valence-corrected chi connectivity index (χ1v) is 8.95. The van der Waals surface area contributed by atoms with Gasteiger partial charge in [0.25, 0.3) is 0 Å². The number of benzene rings is 1. The molecular weight excluding hydrogens is 306 g/mol. The molecule has 1 unspecified atom stereocenters. The summed E-state index contributed by atoms with van der Waals surface area (Å²) in [6.45, 7) is 4.43. The number of aryl methyl sites for hydroxylation is 1. The average Bonchev–Trinajstić information content (AvgIpc) is 3.16. The van der Waals surface area contributed by atoms with Gasteiger partial charge in [-0.2, -0.15) is 0 Å². The maximum absolute atomic E-state index is 12.8. The number of hydrogen-bond acceptors (Lipinski definition) is 4. The van der Waals surface area contributed by atoms with E-state index in [1.54, 1.807) is 11.3 Å². The van der Waals surface area contributed by atoms with Gasteiger partial charge in [0.05, 0.1) is 23.3 Å². The van der Waals surface area contributed by atoms with E-state index in [1.807, 2.05) is 30.3 Å². The average molecular weight is 329 g/mol. The van der Waals surface area contributed by atoms with Crippen molar-refractivity contribution < 1.29 is 4.79 Å². The molecule has 0 bridgehead atoms. The van der Waals surface area contributed by atoms with Crippen LogP contribution in [0.25, 0.3) is 0 Å². The number of carbonyl (C=O) groups excluding carboxylic acids is 1. The Labute approximate surface area is 141 Å². The molecule has 0 saturated carbocycles. The van der Waals surface area contributed by atoms with E-state index in [9.17, 15) is 4.79 Å². The number of hydrogen-bond donors (Lipinski definition) is 0. The molecule has 0 spiro atoms. The molecule has 1 aliphatic rings. The van der Waals surface area contributed by atoms with Crippen LogP contribution in [-0.2, 0) is 17.9 Å². The molecule has 1 atom stereocenters. The molecule has 0 radical (unpaired) electrons. The summed E-state index contributed by atoms with van der Waals surface area (Å²) in [5, 5.41) is 3.09. The monoisotopic (exact) mass is 329 g/mol. The fraction of sp³-hybridized carbons (Fsp3) is 0.444. The Bertz CT molecular complexity index is 655. The Morgan fingerprint density at radius 3 is 2.87 bits per heavy atom. The van der Waals surface area contributed by atoms with Gasteiger partial charge in [-0.05, 0) is 31.9 Å². The van der Waals surface area contributed by atoms with E-state index in [-0.39, 0.29) is 11.9 Å². The molecule has 1 aromatic carbocycles. The third-order valence-electron chi connectivity index (χ3n) is 4.32. The van der Waals surface area contributed by atoms with Crippen molar-refractivity contribution in [3.05, 3.63) is 52.0 Å². The highest BCUT2D eigenvalue weighted by atomic mass is 32.1. The highest BCUT2D eigenvalue weighted by Gasteiger charge is 2.32. The molecule has 5 heteroatoms. The van der Waals surface area contributed by atoms with Gasteiger partial charge in [0.15, 0.2) is 0 Å². The number of thiazole rings is 1. The van der Waals surface area contributed by atoms with Gasteiger partial charge < -0.3 is 4.90 Å².